The number of aromatic nitrogens is 1. The molecule has 0 fully saturated rings. The first-order chi connectivity index (χ1) is 14.1. The van der Waals surface area contributed by atoms with E-state index >= 15 is 0 Å². The molecule has 0 radical (unpaired) electrons. The number of aryl methyl sites for hydroxylation is 1. The molecule has 29 heavy (non-hydrogen) atoms. The molecular weight excluding hydrogens is 397 g/mol. The Kier molecular flexibility index (Phi) is 5.46. The molecule has 0 saturated heterocycles. The summed E-state index contributed by atoms with van der Waals surface area (Å²) in [6.07, 6.45) is 0.439. The fourth-order valence-corrected chi connectivity index (χ4v) is 4.41. The van der Waals surface area contributed by atoms with Gasteiger partial charge in [-0.15, -0.1) is 11.3 Å². The highest BCUT2D eigenvalue weighted by Crippen LogP contribution is 2.34. The Bertz CT molecular complexity index is 1240. The number of halogens is 1. The highest BCUT2D eigenvalue weighted by atomic mass is 32.1. The number of fused-ring (bicyclic) bond motifs is 2. The third kappa shape index (κ3) is 3.68. The van der Waals surface area contributed by atoms with E-state index in [-0.39, 0.29) is 13.2 Å². The molecular formula is C21H18FNO5S. The molecule has 0 amide bonds. The number of benzene rings is 2. The Balaban J connectivity index is 1.46. The minimum atomic E-state index is -0.526. The van der Waals surface area contributed by atoms with Crippen LogP contribution in [0.2, 0.25) is 0 Å². The van der Waals surface area contributed by atoms with Gasteiger partial charge in [-0.1, -0.05) is 18.2 Å². The van der Waals surface area contributed by atoms with Crippen molar-refractivity contribution in [1.82, 2.24) is 4.57 Å². The van der Waals surface area contributed by atoms with Gasteiger partial charge in [0.1, 0.15) is 10.7 Å². The summed E-state index contributed by atoms with van der Waals surface area (Å²) < 4.78 is 32.1. The summed E-state index contributed by atoms with van der Waals surface area (Å²) >= 11 is 1.18. The average Bonchev–Trinajstić information content (AvgIpc) is 3.24. The summed E-state index contributed by atoms with van der Waals surface area (Å²) in [4.78, 5) is 24.9. The summed E-state index contributed by atoms with van der Waals surface area (Å²) in [6, 6.07) is 11.9. The van der Waals surface area contributed by atoms with E-state index < -0.39 is 17.5 Å². The van der Waals surface area contributed by atoms with Crippen molar-refractivity contribution in [2.45, 2.75) is 19.6 Å². The van der Waals surface area contributed by atoms with Crippen LogP contribution in [-0.4, -0.2) is 24.3 Å². The van der Waals surface area contributed by atoms with E-state index in [1.54, 1.807) is 30.3 Å². The summed E-state index contributed by atoms with van der Waals surface area (Å²) in [5, 5.41) is 0.391. The smallest absolute Gasteiger partial charge is 0.419 e. The van der Waals surface area contributed by atoms with Gasteiger partial charge in [-0.2, -0.15) is 0 Å². The normalized spacial score (nSPS) is 11.4. The number of esters is 1. The number of rotatable bonds is 7. The number of ether oxygens (including phenoxy) is 2. The van der Waals surface area contributed by atoms with Gasteiger partial charge in [0.25, 0.3) is 0 Å². The van der Waals surface area contributed by atoms with Gasteiger partial charge in [0, 0.05) is 29.3 Å². The number of carbonyl (C=O) groups excluding carboxylic acids is 1. The predicted molar refractivity (Wildman–Crippen MR) is 108 cm³/mol. The van der Waals surface area contributed by atoms with Crippen molar-refractivity contribution >= 4 is 38.5 Å². The Labute approximate surface area is 169 Å². The molecule has 150 valence electrons. The summed E-state index contributed by atoms with van der Waals surface area (Å²) in [7, 11) is 1.49. The largest absolute Gasteiger partial charge is 0.461 e. The Morgan fingerprint density at radius 1 is 1.21 bits per heavy atom. The van der Waals surface area contributed by atoms with Crippen LogP contribution in [0, 0.1) is 5.82 Å². The van der Waals surface area contributed by atoms with Crippen molar-refractivity contribution in [2.24, 2.45) is 0 Å². The molecule has 0 aliphatic rings. The molecule has 2 aromatic carbocycles. The van der Waals surface area contributed by atoms with E-state index in [2.05, 4.69) is 0 Å². The predicted octanol–water partition coefficient (Wildman–Crippen LogP) is 4.34. The monoisotopic (exact) mass is 415 g/mol. The van der Waals surface area contributed by atoms with Crippen molar-refractivity contribution in [2.75, 3.05) is 13.7 Å². The number of nitrogens with zero attached hydrogens (tertiary/aromatic N) is 1. The maximum atomic E-state index is 14.2. The summed E-state index contributed by atoms with van der Waals surface area (Å²) in [6.45, 7) is 0.588. The van der Waals surface area contributed by atoms with Gasteiger partial charge < -0.3 is 13.9 Å². The lowest BCUT2D eigenvalue weighted by Gasteiger charge is -2.06. The van der Waals surface area contributed by atoms with E-state index in [4.69, 9.17) is 13.9 Å². The van der Waals surface area contributed by atoms with Gasteiger partial charge in [0.05, 0.1) is 18.7 Å². The van der Waals surface area contributed by atoms with Crippen LogP contribution < -0.4 is 5.76 Å². The van der Waals surface area contributed by atoms with E-state index in [1.165, 1.54) is 29.1 Å². The molecule has 0 unspecified atom stereocenters. The summed E-state index contributed by atoms with van der Waals surface area (Å²) in [5.41, 5.74) is 1.71. The van der Waals surface area contributed by atoms with Gasteiger partial charge in [-0.3, -0.25) is 4.57 Å². The zero-order chi connectivity index (χ0) is 20.4. The number of carbonyl (C=O) groups is 1. The van der Waals surface area contributed by atoms with Crippen molar-refractivity contribution in [3.8, 4) is 0 Å². The molecule has 0 aliphatic heterocycles. The SMILES string of the molecule is COCc1c(C(=O)OCCCn2c(=O)oc3ccccc32)sc2cccc(F)c12. The minimum absolute atomic E-state index is 0.113. The average molecular weight is 415 g/mol. The maximum absolute atomic E-state index is 14.2. The Hall–Kier alpha value is -2.97. The van der Waals surface area contributed by atoms with Crippen LogP contribution in [-0.2, 0) is 22.6 Å². The zero-order valence-corrected chi connectivity index (χ0v) is 16.5. The topological polar surface area (TPSA) is 70.7 Å². The number of thiophene rings is 1. The lowest BCUT2D eigenvalue weighted by molar-refractivity contribution is 0.0497. The van der Waals surface area contributed by atoms with E-state index in [0.29, 0.717) is 44.6 Å². The molecule has 0 atom stereocenters. The first-order valence-corrected chi connectivity index (χ1v) is 9.86. The van der Waals surface area contributed by atoms with Crippen LogP contribution in [0.1, 0.15) is 21.7 Å². The van der Waals surface area contributed by atoms with Crippen LogP contribution in [0.15, 0.2) is 51.7 Å². The second kappa shape index (κ2) is 8.18. The zero-order valence-electron chi connectivity index (χ0n) is 15.6. The van der Waals surface area contributed by atoms with Gasteiger partial charge >= 0.3 is 11.7 Å². The number of methoxy groups -OCH3 is 1. The quantitative estimate of drug-likeness (QED) is 0.332. The van der Waals surface area contributed by atoms with Crippen LogP contribution in [0.4, 0.5) is 4.39 Å². The van der Waals surface area contributed by atoms with Crippen LogP contribution in [0.3, 0.4) is 0 Å². The lowest BCUT2D eigenvalue weighted by atomic mass is 10.1. The summed E-state index contributed by atoms with van der Waals surface area (Å²) in [5.74, 6) is -1.36. The molecule has 0 aliphatic carbocycles. The van der Waals surface area contributed by atoms with Gasteiger partial charge in [0.15, 0.2) is 5.58 Å². The standard InChI is InChI=1S/C21H18FNO5S/c1-26-12-13-18-14(22)6-4-9-17(18)29-19(13)20(24)27-11-5-10-23-15-7-2-3-8-16(15)28-21(23)25/h2-4,6-9H,5,10-12H2,1H3. The van der Waals surface area contributed by atoms with Crippen LogP contribution in [0.5, 0.6) is 0 Å². The maximum Gasteiger partial charge on any atom is 0.419 e. The molecule has 2 aromatic heterocycles. The Morgan fingerprint density at radius 3 is 2.86 bits per heavy atom. The second-order valence-electron chi connectivity index (χ2n) is 6.43. The van der Waals surface area contributed by atoms with Crippen molar-refractivity contribution in [1.29, 1.82) is 0 Å². The molecule has 0 saturated carbocycles. The third-order valence-corrected chi connectivity index (χ3v) is 5.75. The molecule has 0 spiro atoms. The Morgan fingerprint density at radius 2 is 2.03 bits per heavy atom. The molecule has 2 heterocycles. The van der Waals surface area contributed by atoms with E-state index in [0.717, 1.165) is 0 Å². The fourth-order valence-electron chi connectivity index (χ4n) is 3.29. The molecule has 0 bridgehead atoms. The molecule has 4 aromatic rings. The number of para-hydroxylation sites is 2. The van der Waals surface area contributed by atoms with Crippen molar-refractivity contribution in [3.05, 3.63) is 69.3 Å². The first-order valence-electron chi connectivity index (χ1n) is 9.04. The lowest BCUT2D eigenvalue weighted by Crippen LogP contribution is -2.16. The van der Waals surface area contributed by atoms with Gasteiger partial charge in [-0.05, 0) is 30.7 Å². The highest BCUT2D eigenvalue weighted by molar-refractivity contribution is 7.21. The highest BCUT2D eigenvalue weighted by Gasteiger charge is 2.21. The van der Waals surface area contributed by atoms with Gasteiger partial charge in [-0.25, -0.2) is 14.0 Å². The molecule has 6 nitrogen and oxygen atoms in total. The molecule has 8 heteroatoms. The number of oxazole rings is 1. The molecule has 0 N–H and O–H groups in total. The molecule has 4 rings (SSSR count). The van der Waals surface area contributed by atoms with Crippen LogP contribution >= 0.6 is 11.3 Å². The fraction of sp³-hybridized carbons (Fsp3) is 0.238. The van der Waals surface area contributed by atoms with E-state index in [1.807, 2.05) is 6.07 Å². The van der Waals surface area contributed by atoms with Crippen molar-refractivity contribution in [3.63, 3.8) is 0 Å². The minimum Gasteiger partial charge on any atom is -0.461 e. The number of hydrogen-bond acceptors (Lipinski definition) is 6. The second-order valence-corrected chi connectivity index (χ2v) is 7.48. The third-order valence-electron chi connectivity index (χ3n) is 4.57. The first kappa shape index (κ1) is 19.4. The number of hydrogen-bond donors (Lipinski definition) is 0. The van der Waals surface area contributed by atoms with Crippen molar-refractivity contribution < 1.29 is 23.1 Å². The van der Waals surface area contributed by atoms with Crippen LogP contribution in [0.25, 0.3) is 21.2 Å². The van der Waals surface area contributed by atoms with Gasteiger partial charge in [0.2, 0.25) is 0 Å². The van der Waals surface area contributed by atoms with E-state index in [9.17, 15) is 14.0 Å².